The number of nitrogens with zero attached hydrogens (tertiary/aromatic N) is 2. The number of carbonyl (C=O) groups excluding carboxylic acids is 2. The fourth-order valence-electron chi connectivity index (χ4n) is 2.92. The van der Waals surface area contributed by atoms with Crippen LogP contribution in [0.1, 0.15) is 34.1 Å². The van der Waals surface area contributed by atoms with Crippen molar-refractivity contribution in [2.24, 2.45) is 5.92 Å². The van der Waals surface area contributed by atoms with Gasteiger partial charge in [0.15, 0.2) is 0 Å². The summed E-state index contributed by atoms with van der Waals surface area (Å²) in [6, 6.07) is -0.0191. The maximum atomic E-state index is 11.9. The molecule has 6 nitrogen and oxygen atoms in total. The summed E-state index contributed by atoms with van der Waals surface area (Å²) in [5.74, 6) is 0.574. The molecule has 1 atom stereocenters. The van der Waals surface area contributed by atoms with Crippen molar-refractivity contribution in [3.63, 3.8) is 0 Å². The summed E-state index contributed by atoms with van der Waals surface area (Å²) in [5.41, 5.74) is -0.444. The van der Waals surface area contributed by atoms with Crippen LogP contribution in [0, 0.1) is 5.92 Å². The van der Waals surface area contributed by atoms with E-state index in [-0.39, 0.29) is 18.0 Å². The van der Waals surface area contributed by atoms with Crippen molar-refractivity contribution in [3.8, 4) is 0 Å². The zero-order valence-corrected chi connectivity index (χ0v) is 13.5. The van der Waals surface area contributed by atoms with E-state index in [1.165, 1.54) is 0 Å². The third kappa shape index (κ3) is 4.09. The Kier molecular flexibility index (Phi) is 4.76. The van der Waals surface area contributed by atoms with Crippen LogP contribution in [0.4, 0.5) is 4.79 Å². The molecule has 0 aromatic heterocycles. The van der Waals surface area contributed by atoms with Crippen LogP contribution in [-0.2, 0) is 9.53 Å². The van der Waals surface area contributed by atoms with Gasteiger partial charge in [0.2, 0.25) is 5.91 Å². The molecule has 2 heterocycles. The molecule has 2 aliphatic heterocycles. The van der Waals surface area contributed by atoms with Gasteiger partial charge in [-0.3, -0.25) is 9.69 Å². The number of carbonyl (C=O) groups is 2. The van der Waals surface area contributed by atoms with Crippen molar-refractivity contribution in [2.75, 3.05) is 32.7 Å². The van der Waals surface area contributed by atoms with E-state index >= 15 is 0 Å². The predicted octanol–water partition coefficient (Wildman–Crippen LogP) is 1.06. The van der Waals surface area contributed by atoms with Gasteiger partial charge in [-0.1, -0.05) is 6.92 Å². The molecule has 1 N–H and O–H groups in total. The summed E-state index contributed by atoms with van der Waals surface area (Å²) >= 11 is 0. The SMILES string of the molecule is CCC1C(=O)NCCN1CC1CN(C(=O)OC(C)(C)C)C1. The zero-order valence-electron chi connectivity index (χ0n) is 13.5. The number of ether oxygens (including phenoxy) is 1. The number of piperazine rings is 1. The van der Waals surface area contributed by atoms with Crippen molar-refractivity contribution in [1.29, 1.82) is 0 Å². The van der Waals surface area contributed by atoms with Gasteiger partial charge < -0.3 is 15.0 Å². The van der Waals surface area contributed by atoms with Crippen LogP contribution < -0.4 is 5.32 Å². The van der Waals surface area contributed by atoms with Crippen LogP contribution in [0.3, 0.4) is 0 Å². The van der Waals surface area contributed by atoms with Crippen molar-refractivity contribution in [2.45, 2.75) is 45.8 Å². The van der Waals surface area contributed by atoms with Crippen LogP contribution in [-0.4, -0.2) is 66.2 Å². The highest BCUT2D eigenvalue weighted by Crippen LogP contribution is 2.22. The maximum Gasteiger partial charge on any atom is 0.410 e. The molecular formula is C15H27N3O3. The minimum atomic E-state index is -0.444. The van der Waals surface area contributed by atoms with E-state index < -0.39 is 5.60 Å². The highest BCUT2D eigenvalue weighted by Gasteiger charge is 2.37. The summed E-state index contributed by atoms with van der Waals surface area (Å²) < 4.78 is 5.35. The van der Waals surface area contributed by atoms with E-state index in [0.717, 1.165) is 39.1 Å². The molecule has 120 valence electrons. The molecule has 2 saturated heterocycles. The highest BCUT2D eigenvalue weighted by atomic mass is 16.6. The molecule has 21 heavy (non-hydrogen) atoms. The maximum absolute atomic E-state index is 11.9. The Morgan fingerprint density at radius 1 is 1.38 bits per heavy atom. The second kappa shape index (κ2) is 6.22. The molecule has 0 bridgehead atoms. The average Bonchev–Trinajstić information content (AvgIpc) is 2.30. The smallest absolute Gasteiger partial charge is 0.410 e. The normalized spacial score (nSPS) is 24.5. The summed E-state index contributed by atoms with van der Waals surface area (Å²) in [5, 5.41) is 2.91. The Bertz CT molecular complexity index is 399. The number of hydrogen-bond donors (Lipinski definition) is 1. The van der Waals surface area contributed by atoms with Crippen molar-refractivity contribution >= 4 is 12.0 Å². The van der Waals surface area contributed by atoms with Crippen molar-refractivity contribution in [3.05, 3.63) is 0 Å². The Balaban J connectivity index is 1.77. The van der Waals surface area contributed by atoms with Crippen LogP contribution in [0.5, 0.6) is 0 Å². The molecule has 0 spiro atoms. The number of amides is 2. The molecule has 2 rings (SSSR count). The minimum Gasteiger partial charge on any atom is -0.444 e. The second-order valence-electron chi connectivity index (χ2n) is 6.96. The lowest BCUT2D eigenvalue weighted by molar-refractivity contribution is -0.130. The quantitative estimate of drug-likeness (QED) is 0.846. The average molecular weight is 297 g/mol. The Morgan fingerprint density at radius 2 is 2.05 bits per heavy atom. The first kappa shape index (κ1) is 16.1. The first-order valence-electron chi connectivity index (χ1n) is 7.80. The molecule has 0 aliphatic carbocycles. The first-order chi connectivity index (χ1) is 9.80. The lowest BCUT2D eigenvalue weighted by Crippen LogP contribution is -2.60. The monoisotopic (exact) mass is 297 g/mol. The molecule has 0 aromatic rings. The zero-order chi connectivity index (χ0) is 15.6. The Morgan fingerprint density at radius 3 is 2.62 bits per heavy atom. The molecule has 2 aliphatic rings. The molecule has 1 unspecified atom stereocenters. The number of rotatable bonds is 3. The lowest BCUT2D eigenvalue weighted by atomic mass is 9.98. The summed E-state index contributed by atoms with van der Waals surface area (Å²) in [6.07, 6.45) is 0.594. The van der Waals surface area contributed by atoms with Gasteiger partial charge >= 0.3 is 6.09 Å². The molecule has 0 radical (unpaired) electrons. The second-order valence-corrected chi connectivity index (χ2v) is 6.96. The third-order valence-corrected chi connectivity index (χ3v) is 3.93. The molecule has 0 saturated carbocycles. The van der Waals surface area contributed by atoms with E-state index in [0.29, 0.717) is 5.92 Å². The van der Waals surface area contributed by atoms with Crippen molar-refractivity contribution in [1.82, 2.24) is 15.1 Å². The number of hydrogen-bond acceptors (Lipinski definition) is 4. The van der Waals surface area contributed by atoms with E-state index in [1.807, 2.05) is 27.7 Å². The summed E-state index contributed by atoms with van der Waals surface area (Å²) in [4.78, 5) is 27.7. The Labute approximate surface area is 126 Å². The van der Waals surface area contributed by atoms with Crippen LogP contribution in [0.15, 0.2) is 0 Å². The van der Waals surface area contributed by atoms with Gasteiger partial charge in [-0.05, 0) is 27.2 Å². The first-order valence-corrected chi connectivity index (χ1v) is 7.80. The van der Waals surface area contributed by atoms with Crippen LogP contribution in [0.2, 0.25) is 0 Å². The van der Waals surface area contributed by atoms with E-state index in [1.54, 1.807) is 4.90 Å². The van der Waals surface area contributed by atoms with Crippen LogP contribution in [0.25, 0.3) is 0 Å². The fraction of sp³-hybridized carbons (Fsp3) is 0.867. The van der Waals surface area contributed by atoms with Gasteiger partial charge in [0.25, 0.3) is 0 Å². The van der Waals surface area contributed by atoms with Crippen molar-refractivity contribution < 1.29 is 14.3 Å². The molecule has 0 aromatic carbocycles. The predicted molar refractivity (Wildman–Crippen MR) is 80.0 cm³/mol. The van der Waals surface area contributed by atoms with Gasteiger partial charge in [0, 0.05) is 38.6 Å². The molecule has 2 fully saturated rings. The summed E-state index contributed by atoms with van der Waals surface area (Å²) in [7, 11) is 0. The van der Waals surface area contributed by atoms with Gasteiger partial charge in [0.05, 0.1) is 6.04 Å². The molecule has 2 amide bonds. The van der Waals surface area contributed by atoms with E-state index in [9.17, 15) is 9.59 Å². The third-order valence-electron chi connectivity index (χ3n) is 3.93. The van der Waals surface area contributed by atoms with E-state index in [2.05, 4.69) is 10.2 Å². The summed E-state index contributed by atoms with van der Waals surface area (Å²) in [6.45, 7) is 11.6. The lowest BCUT2D eigenvalue weighted by Gasteiger charge is -2.44. The number of nitrogens with one attached hydrogen (secondary N) is 1. The van der Waals surface area contributed by atoms with Gasteiger partial charge in [-0.25, -0.2) is 4.79 Å². The highest BCUT2D eigenvalue weighted by molar-refractivity contribution is 5.82. The van der Waals surface area contributed by atoms with Gasteiger partial charge in [0.1, 0.15) is 5.60 Å². The van der Waals surface area contributed by atoms with E-state index in [4.69, 9.17) is 4.74 Å². The molecule has 6 heteroatoms. The van der Waals surface area contributed by atoms with Gasteiger partial charge in [-0.2, -0.15) is 0 Å². The fourth-order valence-corrected chi connectivity index (χ4v) is 2.92. The Hall–Kier alpha value is -1.30. The minimum absolute atomic E-state index is 0.0191. The van der Waals surface area contributed by atoms with Crippen LogP contribution >= 0.6 is 0 Å². The standard InChI is InChI=1S/C15H27N3O3/c1-5-12-13(19)16-6-7-17(12)8-11-9-18(10-11)14(20)21-15(2,3)4/h11-12H,5-10H2,1-4H3,(H,16,19). The van der Waals surface area contributed by atoms with Gasteiger partial charge in [-0.15, -0.1) is 0 Å². The largest absolute Gasteiger partial charge is 0.444 e. The topological polar surface area (TPSA) is 61.9 Å². The number of likely N-dealkylation sites (tertiary alicyclic amines) is 1. The molecular weight excluding hydrogens is 270 g/mol.